The number of nitro groups is 1. The van der Waals surface area contributed by atoms with E-state index in [9.17, 15) is 18.5 Å². The Bertz CT molecular complexity index is 707. The van der Waals surface area contributed by atoms with Gasteiger partial charge in [0.15, 0.2) is 9.84 Å². The second kappa shape index (κ2) is 6.11. The molecule has 1 atom stereocenters. The van der Waals surface area contributed by atoms with Crippen molar-refractivity contribution in [2.45, 2.75) is 51.0 Å². The minimum atomic E-state index is -3.54. The van der Waals surface area contributed by atoms with Crippen LogP contribution in [0.5, 0.6) is 0 Å². The summed E-state index contributed by atoms with van der Waals surface area (Å²) in [5.41, 5.74) is 0.532. The van der Waals surface area contributed by atoms with Crippen LogP contribution >= 0.6 is 0 Å². The predicted octanol–water partition coefficient (Wildman–Crippen LogP) is 3.40. The van der Waals surface area contributed by atoms with Crippen LogP contribution in [0.15, 0.2) is 23.1 Å². The molecule has 1 aromatic carbocycles. The quantitative estimate of drug-likeness (QED) is 0.620. The molecule has 0 radical (unpaired) electrons. The van der Waals surface area contributed by atoms with Crippen molar-refractivity contribution >= 4 is 21.2 Å². The van der Waals surface area contributed by atoms with Gasteiger partial charge in [0.05, 0.1) is 15.5 Å². The van der Waals surface area contributed by atoms with E-state index in [2.05, 4.69) is 25.7 Å². The highest BCUT2D eigenvalue weighted by molar-refractivity contribution is 7.90. The third-order valence-corrected chi connectivity index (χ3v) is 5.21. The van der Waals surface area contributed by atoms with Crippen molar-refractivity contribution < 1.29 is 13.3 Å². The van der Waals surface area contributed by atoms with Gasteiger partial charge in [-0.1, -0.05) is 20.8 Å². The lowest BCUT2D eigenvalue weighted by Crippen LogP contribution is -2.33. The molecule has 1 saturated heterocycles. The number of non-ortho nitro benzene ring substituents is 1. The first kappa shape index (κ1) is 17.7. The van der Waals surface area contributed by atoms with E-state index < -0.39 is 14.8 Å². The fraction of sp³-hybridized carbons (Fsp3) is 0.625. The molecule has 7 heteroatoms. The van der Waals surface area contributed by atoms with Crippen molar-refractivity contribution in [1.82, 2.24) is 0 Å². The van der Waals surface area contributed by atoms with Crippen molar-refractivity contribution in [2.75, 3.05) is 17.7 Å². The molecule has 0 aromatic heterocycles. The van der Waals surface area contributed by atoms with Crippen molar-refractivity contribution in [3.8, 4) is 0 Å². The maximum Gasteiger partial charge on any atom is 0.270 e. The molecule has 1 aliphatic heterocycles. The Labute approximate surface area is 137 Å². The van der Waals surface area contributed by atoms with Crippen molar-refractivity contribution in [2.24, 2.45) is 5.41 Å². The predicted molar refractivity (Wildman–Crippen MR) is 90.6 cm³/mol. The lowest BCUT2D eigenvalue weighted by atomic mass is 9.87. The van der Waals surface area contributed by atoms with Crippen LogP contribution in [0.3, 0.4) is 0 Å². The number of benzene rings is 1. The van der Waals surface area contributed by atoms with Crippen LogP contribution in [-0.4, -0.2) is 32.2 Å². The highest BCUT2D eigenvalue weighted by atomic mass is 32.2. The summed E-state index contributed by atoms with van der Waals surface area (Å²) in [5, 5.41) is 11.0. The van der Waals surface area contributed by atoms with Crippen LogP contribution in [0, 0.1) is 15.5 Å². The van der Waals surface area contributed by atoms with Crippen LogP contribution in [0.1, 0.15) is 40.0 Å². The van der Waals surface area contributed by atoms with Gasteiger partial charge in [-0.25, -0.2) is 8.42 Å². The summed E-state index contributed by atoms with van der Waals surface area (Å²) in [5.74, 6) is 0. The molecule has 128 valence electrons. The Balaban J connectivity index is 2.47. The van der Waals surface area contributed by atoms with Crippen LogP contribution in [0.2, 0.25) is 0 Å². The number of nitrogens with zero attached hydrogens (tertiary/aromatic N) is 2. The highest BCUT2D eigenvalue weighted by Crippen LogP contribution is 2.37. The Kier molecular flexibility index (Phi) is 4.71. The number of rotatable bonds is 4. The molecule has 23 heavy (non-hydrogen) atoms. The van der Waals surface area contributed by atoms with Gasteiger partial charge in [-0.2, -0.15) is 0 Å². The van der Waals surface area contributed by atoms with Crippen molar-refractivity contribution in [1.29, 1.82) is 0 Å². The third-order valence-electron chi connectivity index (χ3n) is 4.09. The van der Waals surface area contributed by atoms with Gasteiger partial charge in [-0.15, -0.1) is 0 Å². The largest absolute Gasteiger partial charge is 0.367 e. The van der Waals surface area contributed by atoms with E-state index >= 15 is 0 Å². The summed E-state index contributed by atoms with van der Waals surface area (Å²) < 4.78 is 24.3. The monoisotopic (exact) mass is 340 g/mol. The molecule has 1 aromatic rings. The first-order valence-corrected chi connectivity index (χ1v) is 9.63. The topological polar surface area (TPSA) is 80.5 Å². The van der Waals surface area contributed by atoms with E-state index in [1.807, 2.05) is 0 Å². The Hall–Kier alpha value is -1.63. The zero-order valence-corrected chi connectivity index (χ0v) is 14.9. The van der Waals surface area contributed by atoms with Gasteiger partial charge in [-0.3, -0.25) is 10.1 Å². The second-order valence-corrected chi connectivity index (χ2v) is 9.42. The summed E-state index contributed by atoms with van der Waals surface area (Å²) in [4.78, 5) is 12.6. The maximum absolute atomic E-state index is 12.1. The molecule has 0 N–H and O–H groups in total. The molecular formula is C16H24N2O4S. The van der Waals surface area contributed by atoms with Gasteiger partial charge in [0.1, 0.15) is 0 Å². The Morgan fingerprint density at radius 3 is 2.52 bits per heavy atom. The summed E-state index contributed by atoms with van der Waals surface area (Å²) in [7, 11) is -3.54. The van der Waals surface area contributed by atoms with Gasteiger partial charge in [0.2, 0.25) is 0 Å². The number of hydrogen-bond donors (Lipinski definition) is 0. The lowest BCUT2D eigenvalue weighted by molar-refractivity contribution is -0.385. The van der Waals surface area contributed by atoms with Crippen LogP contribution in [0.4, 0.5) is 11.4 Å². The summed E-state index contributed by atoms with van der Waals surface area (Å²) in [6.07, 6.45) is 4.07. The lowest BCUT2D eigenvalue weighted by Gasteiger charge is -2.32. The first-order chi connectivity index (χ1) is 10.5. The fourth-order valence-electron chi connectivity index (χ4n) is 3.22. The molecule has 0 amide bonds. The van der Waals surface area contributed by atoms with Crippen LogP contribution < -0.4 is 4.90 Å². The Morgan fingerprint density at radius 2 is 2.00 bits per heavy atom. The molecule has 1 fully saturated rings. The third kappa shape index (κ3) is 4.22. The van der Waals surface area contributed by atoms with E-state index in [1.54, 1.807) is 6.07 Å². The zero-order chi connectivity index (χ0) is 17.4. The second-order valence-electron chi connectivity index (χ2n) is 7.44. The van der Waals surface area contributed by atoms with Crippen LogP contribution in [-0.2, 0) is 9.84 Å². The molecule has 1 unspecified atom stereocenters. The number of sulfone groups is 1. The van der Waals surface area contributed by atoms with E-state index in [4.69, 9.17) is 0 Å². The number of anilines is 1. The van der Waals surface area contributed by atoms with Crippen molar-refractivity contribution in [3.63, 3.8) is 0 Å². The normalized spacial score (nSPS) is 19.1. The molecule has 2 rings (SSSR count). The zero-order valence-electron chi connectivity index (χ0n) is 14.1. The average molecular weight is 340 g/mol. The molecule has 0 spiro atoms. The van der Waals surface area contributed by atoms with E-state index in [-0.39, 0.29) is 22.0 Å². The van der Waals surface area contributed by atoms with Gasteiger partial charge in [0, 0.05) is 31.0 Å². The minimum Gasteiger partial charge on any atom is -0.367 e. The summed E-state index contributed by atoms with van der Waals surface area (Å²) in [6, 6.07) is 4.40. The highest BCUT2D eigenvalue weighted by Gasteiger charge is 2.32. The average Bonchev–Trinajstić information content (AvgIpc) is 2.82. The van der Waals surface area contributed by atoms with Gasteiger partial charge >= 0.3 is 0 Å². The maximum atomic E-state index is 12.1. The van der Waals surface area contributed by atoms with Crippen molar-refractivity contribution in [3.05, 3.63) is 28.3 Å². The molecule has 0 saturated carbocycles. The van der Waals surface area contributed by atoms with E-state index in [0.717, 1.165) is 32.1 Å². The number of nitro benzene ring substituents is 1. The molecule has 0 aliphatic carbocycles. The van der Waals surface area contributed by atoms with E-state index in [0.29, 0.717) is 5.69 Å². The van der Waals surface area contributed by atoms with Gasteiger partial charge in [0.25, 0.3) is 5.69 Å². The molecule has 0 bridgehead atoms. The standard InChI is InChI=1S/C16H24N2O4S/c1-16(2,3)11-13-6-5-9-17(13)14-8-7-12(18(19)20)10-15(14)23(4,21)22/h7-8,10,13H,5-6,9,11H2,1-4H3. The van der Waals surface area contributed by atoms with Gasteiger partial charge < -0.3 is 4.90 Å². The molecule has 1 heterocycles. The molecular weight excluding hydrogens is 316 g/mol. The van der Waals surface area contributed by atoms with E-state index in [1.165, 1.54) is 12.1 Å². The fourth-order valence-corrected chi connectivity index (χ4v) is 4.12. The van der Waals surface area contributed by atoms with Gasteiger partial charge in [-0.05, 0) is 30.7 Å². The minimum absolute atomic E-state index is 0.0486. The summed E-state index contributed by atoms with van der Waals surface area (Å²) >= 11 is 0. The molecule has 1 aliphatic rings. The Morgan fingerprint density at radius 1 is 1.35 bits per heavy atom. The number of hydrogen-bond acceptors (Lipinski definition) is 5. The van der Waals surface area contributed by atoms with Crippen LogP contribution in [0.25, 0.3) is 0 Å². The molecule has 6 nitrogen and oxygen atoms in total. The summed E-state index contributed by atoms with van der Waals surface area (Å²) in [6.45, 7) is 7.27. The smallest absolute Gasteiger partial charge is 0.270 e. The first-order valence-electron chi connectivity index (χ1n) is 7.74. The SMILES string of the molecule is CC(C)(C)CC1CCCN1c1ccc([N+](=O)[O-])cc1S(C)(=O)=O.